The van der Waals surface area contributed by atoms with Gasteiger partial charge in [0.05, 0.1) is 12.0 Å². The Labute approximate surface area is 84.5 Å². The van der Waals surface area contributed by atoms with E-state index < -0.39 is 0 Å². The molecule has 1 saturated carbocycles. The first-order valence-electron chi connectivity index (χ1n) is 5.67. The molecular weight excluding hydrogens is 174 g/mol. The van der Waals surface area contributed by atoms with E-state index in [0.29, 0.717) is 0 Å². The summed E-state index contributed by atoms with van der Waals surface area (Å²) in [6, 6.07) is 0. The molecular formula is C11H17N3. The summed E-state index contributed by atoms with van der Waals surface area (Å²) < 4.78 is 2.37. The van der Waals surface area contributed by atoms with Crippen molar-refractivity contribution in [1.82, 2.24) is 14.9 Å². The Morgan fingerprint density at radius 1 is 1.50 bits per heavy atom. The highest BCUT2D eigenvalue weighted by Crippen LogP contribution is 2.33. The number of hydrogen-bond donors (Lipinski definition) is 1. The third-order valence-corrected chi connectivity index (χ3v) is 3.34. The standard InChI is InChI=1S/C11H17N3/c1-2-9(1)4-6-14-8-13-10-7-12-5-3-11(10)14/h8-9,12H,1-7H2. The molecule has 0 aromatic carbocycles. The predicted octanol–water partition coefficient (Wildman–Crippen LogP) is 1.33. The van der Waals surface area contributed by atoms with Gasteiger partial charge in [-0.3, -0.25) is 0 Å². The van der Waals surface area contributed by atoms with Gasteiger partial charge in [0.25, 0.3) is 0 Å². The van der Waals surface area contributed by atoms with Crippen molar-refractivity contribution in [3.05, 3.63) is 17.7 Å². The van der Waals surface area contributed by atoms with E-state index in [1.165, 1.54) is 37.2 Å². The van der Waals surface area contributed by atoms with Crippen LogP contribution in [0.3, 0.4) is 0 Å². The maximum atomic E-state index is 4.46. The van der Waals surface area contributed by atoms with Crippen molar-refractivity contribution < 1.29 is 0 Å². The molecule has 3 rings (SSSR count). The summed E-state index contributed by atoms with van der Waals surface area (Å²) in [6.07, 6.45) is 7.45. The molecule has 76 valence electrons. The van der Waals surface area contributed by atoms with E-state index in [9.17, 15) is 0 Å². The van der Waals surface area contributed by atoms with E-state index in [4.69, 9.17) is 0 Å². The van der Waals surface area contributed by atoms with Crippen LogP contribution in [-0.4, -0.2) is 16.1 Å². The van der Waals surface area contributed by atoms with E-state index in [0.717, 1.165) is 25.4 Å². The third-order valence-electron chi connectivity index (χ3n) is 3.34. The van der Waals surface area contributed by atoms with E-state index in [1.807, 2.05) is 6.33 Å². The molecule has 1 aromatic heterocycles. The molecule has 1 N–H and O–H groups in total. The minimum Gasteiger partial charge on any atom is -0.334 e. The van der Waals surface area contributed by atoms with Crippen molar-refractivity contribution in [2.45, 2.75) is 38.8 Å². The summed E-state index contributed by atoms with van der Waals surface area (Å²) in [5.74, 6) is 1.02. The number of fused-ring (bicyclic) bond motifs is 1. The van der Waals surface area contributed by atoms with Gasteiger partial charge in [-0.05, 0) is 12.3 Å². The molecule has 1 aromatic rings. The maximum Gasteiger partial charge on any atom is 0.0952 e. The molecule has 1 aliphatic heterocycles. The smallest absolute Gasteiger partial charge is 0.0952 e. The molecule has 0 radical (unpaired) electrons. The number of aryl methyl sites for hydroxylation is 1. The zero-order valence-corrected chi connectivity index (χ0v) is 8.50. The number of hydrogen-bond acceptors (Lipinski definition) is 2. The molecule has 2 heterocycles. The average Bonchev–Trinajstić information content (AvgIpc) is 2.96. The Balaban J connectivity index is 1.72. The van der Waals surface area contributed by atoms with Crippen LogP contribution in [0, 0.1) is 5.92 Å². The second-order valence-electron chi connectivity index (χ2n) is 4.49. The van der Waals surface area contributed by atoms with Crippen LogP contribution in [0.5, 0.6) is 0 Å². The highest BCUT2D eigenvalue weighted by molar-refractivity contribution is 5.16. The third kappa shape index (κ3) is 1.57. The van der Waals surface area contributed by atoms with Crippen LogP contribution in [0.1, 0.15) is 30.7 Å². The summed E-state index contributed by atoms with van der Waals surface area (Å²) in [5, 5.41) is 3.36. The van der Waals surface area contributed by atoms with Crippen LogP contribution in [0.4, 0.5) is 0 Å². The number of nitrogens with one attached hydrogen (secondary N) is 1. The molecule has 2 aliphatic rings. The zero-order chi connectivity index (χ0) is 9.38. The summed E-state index contributed by atoms with van der Waals surface area (Å²) in [7, 11) is 0. The maximum absolute atomic E-state index is 4.46. The van der Waals surface area contributed by atoms with Gasteiger partial charge >= 0.3 is 0 Å². The molecule has 0 unspecified atom stereocenters. The van der Waals surface area contributed by atoms with E-state index in [2.05, 4.69) is 14.9 Å². The number of nitrogens with zero attached hydrogens (tertiary/aromatic N) is 2. The SMILES string of the molecule is c1nc2c(n1CCC1CC1)CCNC2. The molecule has 14 heavy (non-hydrogen) atoms. The summed E-state index contributed by atoms with van der Waals surface area (Å²) in [6.45, 7) is 3.26. The Kier molecular flexibility index (Phi) is 2.05. The van der Waals surface area contributed by atoms with Crippen LogP contribution in [-0.2, 0) is 19.5 Å². The Bertz CT molecular complexity index is 325. The fourth-order valence-corrected chi connectivity index (χ4v) is 2.22. The summed E-state index contributed by atoms with van der Waals surface area (Å²) in [5.41, 5.74) is 2.75. The van der Waals surface area contributed by atoms with Crippen molar-refractivity contribution in [2.75, 3.05) is 6.54 Å². The Hall–Kier alpha value is -0.830. The van der Waals surface area contributed by atoms with Crippen LogP contribution in [0.15, 0.2) is 6.33 Å². The van der Waals surface area contributed by atoms with Gasteiger partial charge < -0.3 is 9.88 Å². The largest absolute Gasteiger partial charge is 0.334 e. The molecule has 1 aliphatic carbocycles. The van der Waals surface area contributed by atoms with Crippen LogP contribution >= 0.6 is 0 Å². The summed E-state index contributed by atoms with van der Waals surface area (Å²) in [4.78, 5) is 4.46. The van der Waals surface area contributed by atoms with E-state index in [1.54, 1.807) is 0 Å². The van der Waals surface area contributed by atoms with Gasteiger partial charge in [0.15, 0.2) is 0 Å². The molecule has 0 bridgehead atoms. The van der Waals surface area contributed by atoms with Gasteiger partial charge in [0.1, 0.15) is 0 Å². The van der Waals surface area contributed by atoms with Crippen molar-refractivity contribution in [3.8, 4) is 0 Å². The van der Waals surface area contributed by atoms with E-state index >= 15 is 0 Å². The number of aromatic nitrogens is 2. The first-order valence-corrected chi connectivity index (χ1v) is 5.67. The van der Waals surface area contributed by atoms with Crippen LogP contribution < -0.4 is 5.32 Å². The van der Waals surface area contributed by atoms with Crippen LogP contribution in [0.25, 0.3) is 0 Å². The Morgan fingerprint density at radius 3 is 3.29 bits per heavy atom. The average molecular weight is 191 g/mol. The Morgan fingerprint density at radius 2 is 2.43 bits per heavy atom. The first-order chi connectivity index (χ1) is 6.93. The molecule has 0 saturated heterocycles. The van der Waals surface area contributed by atoms with Gasteiger partial charge in [-0.2, -0.15) is 0 Å². The van der Waals surface area contributed by atoms with Gasteiger partial charge in [0, 0.05) is 31.7 Å². The lowest BCUT2D eigenvalue weighted by Crippen LogP contribution is -2.25. The van der Waals surface area contributed by atoms with Gasteiger partial charge in [-0.15, -0.1) is 0 Å². The molecule has 3 heteroatoms. The molecule has 1 fully saturated rings. The van der Waals surface area contributed by atoms with Crippen molar-refractivity contribution in [3.63, 3.8) is 0 Å². The van der Waals surface area contributed by atoms with Gasteiger partial charge in [-0.25, -0.2) is 4.98 Å². The lowest BCUT2D eigenvalue weighted by Gasteiger charge is -2.14. The van der Waals surface area contributed by atoms with Gasteiger partial charge in [0.2, 0.25) is 0 Å². The summed E-state index contributed by atoms with van der Waals surface area (Å²) >= 11 is 0. The molecule has 3 nitrogen and oxygen atoms in total. The fourth-order valence-electron chi connectivity index (χ4n) is 2.22. The molecule has 0 spiro atoms. The minimum absolute atomic E-state index is 0.964. The van der Waals surface area contributed by atoms with Crippen LogP contribution in [0.2, 0.25) is 0 Å². The monoisotopic (exact) mass is 191 g/mol. The lowest BCUT2D eigenvalue weighted by atomic mass is 10.2. The first kappa shape index (κ1) is 8.48. The molecule has 0 atom stereocenters. The number of rotatable bonds is 3. The second kappa shape index (κ2) is 3.39. The quantitative estimate of drug-likeness (QED) is 0.781. The number of imidazole rings is 1. The topological polar surface area (TPSA) is 29.9 Å². The minimum atomic E-state index is 0.964. The van der Waals surface area contributed by atoms with Crippen molar-refractivity contribution in [1.29, 1.82) is 0 Å². The second-order valence-corrected chi connectivity index (χ2v) is 4.49. The lowest BCUT2D eigenvalue weighted by molar-refractivity contribution is 0.551. The zero-order valence-electron chi connectivity index (χ0n) is 8.50. The van der Waals surface area contributed by atoms with Crippen molar-refractivity contribution in [2.24, 2.45) is 5.92 Å². The predicted molar refractivity (Wildman–Crippen MR) is 55.0 cm³/mol. The van der Waals surface area contributed by atoms with E-state index in [-0.39, 0.29) is 0 Å². The highest BCUT2D eigenvalue weighted by atomic mass is 15.1. The van der Waals surface area contributed by atoms with Crippen molar-refractivity contribution >= 4 is 0 Å². The fraction of sp³-hybridized carbons (Fsp3) is 0.727. The van der Waals surface area contributed by atoms with Gasteiger partial charge in [-0.1, -0.05) is 12.8 Å². The highest BCUT2D eigenvalue weighted by Gasteiger charge is 2.22. The normalized spacial score (nSPS) is 20.9. The molecule has 0 amide bonds.